The van der Waals surface area contributed by atoms with Gasteiger partial charge >= 0.3 is 11.7 Å². The Morgan fingerprint density at radius 3 is 2.28 bits per heavy atom. The Morgan fingerprint density at radius 1 is 0.974 bits per heavy atom. The zero-order valence-corrected chi connectivity index (χ0v) is 21.9. The fraction of sp³-hybridized carbons (Fsp3) is 0.0417. The second-order valence-corrected chi connectivity index (χ2v) is 9.06. The van der Waals surface area contributed by atoms with Crippen LogP contribution in [-0.4, -0.2) is 34.8 Å². The van der Waals surface area contributed by atoms with E-state index in [0.29, 0.717) is 4.47 Å². The van der Waals surface area contributed by atoms with Crippen molar-refractivity contribution in [3.63, 3.8) is 0 Å². The highest BCUT2D eigenvalue weighted by atomic mass is 79.9. The summed E-state index contributed by atoms with van der Waals surface area (Å²) in [6.07, 6.45) is 1.18. The molecule has 13 nitrogen and oxygen atoms in total. The number of nitro benzene ring substituents is 2. The second kappa shape index (κ2) is 10.9. The summed E-state index contributed by atoms with van der Waals surface area (Å²) >= 11 is 9.63. The molecule has 3 aromatic carbocycles. The molecule has 1 fully saturated rings. The van der Waals surface area contributed by atoms with Gasteiger partial charge in [0.15, 0.2) is 11.5 Å². The van der Waals surface area contributed by atoms with Crippen LogP contribution in [0.1, 0.15) is 5.56 Å². The number of benzene rings is 3. The number of rotatable bonds is 7. The standard InChI is InChI=1S/C24H14BrClN4O9/c1-38-20-10-12(8-16-22(31)27-24(33)28(23(16)32)14-4-2-13(25)3-5-14)9-17(26)21(20)39-19-7-6-15(29(34)35)11-18(19)30(36)37/h2-11H,1H3,(H,27,31,33)/b16-8+. The number of ether oxygens (including phenoxy) is 2. The van der Waals surface area contributed by atoms with Gasteiger partial charge in [-0.2, -0.15) is 0 Å². The van der Waals surface area contributed by atoms with E-state index in [1.807, 2.05) is 0 Å². The number of nitrogens with zero attached hydrogens (tertiary/aromatic N) is 3. The second-order valence-electron chi connectivity index (χ2n) is 7.74. The molecule has 0 aliphatic carbocycles. The molecule has 1 N–H and O–H groups in total. The Hall–Kier alpha value is -4.82. The molecule has 39 heavy (non-hydrogen) atoms. The maximum absolute atomic E-state index is 13.1. The van der Waals surface area contributed by atoms with Gasteiger partial charge in [0.05, 0.1) is 33.7 Å². The van der Waals surface area contributed by atoms with Crippen molar-refractivity contribution < 1.29 is 33.7 Å². The van der Waals surface area contributed by atoms with E-state index in [0.717, 1.165) is 23.1 Å². The van der Waals surface area contributed by atoms with Gasteiger partial charge in [0.2, 0.25) is 5.75 Å². The normalized spacial score (nSPS) is 14.3. The lowest BCUT2D eigenvalue weighted by molar-refractivity contribution is -0.394. The van der Waals surface area contributed by atoms with Gasteiger partial charge in [-0.15, -0.1) is 0 Å². The van der Waals surface area contributed by atoms with Gasteiger partial charge in [0, 0.05) is 10.5 Å². The van der Waals surface area contributed by atoms with Crippen molar-refractivity contribution in [2.75, 3.05) is 12.0 Å². The summed E-state index contributed by atoms with van der Waals surface area (Å²) in [6, 6.07) is 10.8. The minimum atomic E-state index is -0.935. The number of hydrogen-bond donors (Lipinski definition) is 1. The van der Waals surface area contributed by atoms with Crippen LogP contribution in [0.5, 0.6) is 17.2 Å². The minimum absolute atomic E-state index is 0.0356. The first-order valence-corrected chi connectivity index (χ1v) is 11.8. The molecule has 4 amide bonds. The monoisotopic (exact) mass is 616 g/mol. The van der Waals surface area contributed by atoms with Crippen molar-refractivity contribution in [1.82, 2.24) is 5.32 Å². The predicted octanol–water partition coefficient (Wildman–Crippen LogP) is 5.39. The van der Waals surface area contributed by atoms with E-state index in [9.17, 15) is 34.6 Å². The Morgan fingerprint density at radius 2 is 1.67 bits per heavy atom. The number of non-ortho nitro benzene ring substituents is 1. The molecule has 198 valence electrons. The van der Waals surface area contributed by atoms with Gasteiger partial charge in [0.25, 0.3) is 17.5 Å². The molecule has 0 radical (unpaired) electrons. The van der Waals surface area contributed by atoms with Gasteiger partial charge in [-0.25, -0.2) is 9.69 Å². The third kappa shape index (κ3) is 5.56. The van der Waals surface area contributed by atoms with E-state index < -0.39 is 39.1 Å². The van der Waals surface area contributed by atoms with Gasteiger partial charge in [-0.1, -0.05) is 27.5 Å². The summed E-state index contributed by atoms with van der Waals surface area (Å²) in [5.41, 5.74) is -1.15. The molecular formula is C24H14BrClN4O9. The molecular weight excluding hydrogens is 604 g/mol. The molecule has 1 aliphatic heterocycles. The van der Waals surface area contributed by atoms with E-state index >= 15 is 0 Å². The van der Waals surface area contributed by atoms with Crippen LogP contribution in [0, 0.1) is 20.2 Å². The number of hydrogen-bond acceptors (Lipinski definition) is 9. The first kappa shape index (κ1) is 27.2. The molecule has 1 heterocycles. The number of methoxy groups -OCH3 is 1. The van der Waals surface area contributed by atoms with E-state index in [1.54, 1.807) is 12.1 Å². The molecule has 1 aliphatic rings. The lowest BCUT2D eigenvalue weighted by Gasteiger charge is -2.26. The smallest absolute Gasteiger partial charge is 0.335 e. The predicted molar refractivity (Wildman–Crippen MR) is 141 cm³/mol. The Labute approximate surface area is 232 Å². The highest BCUT2D eigenvalue weighted by molar-refractivity contribution is 9.10. The van der Waals surface area contributed by atoms with Gasteiger partial charge in [-0.05, 0) is 54.1 Å². The first-order chi connectivity index (χ1) is 18.5. The van der Waals surface area contributed by atoms with Crippen LogP contribution in [0.25, 0.3) is 6.08 Å². The van der Waals surface area contributed by atoms with Crippen molar-refractivity contribution in [1.29, 1.82) is 0 Å². The Kier molecular flexibility index (Phi) is 7.60. The summed E-state index contributed by atoms with van der Waals surface area (Å²) in [5.74, 6) is -2.36. The molecule has 0 aromatic heterocycles. The first-order valence-electron chi connectivity index (χ1n) is 10.7. The van der Waals surface area contributed by atoms with Crippen LogP contribution in [-0.2, 0) is 9.59 Å². The number of anilines is 1. The quantitative estimate of drug-likeness (QED) is 0.158. The zero-order chi connectivity index (χ0) is 28.4. The number of nitro groups is 2. The fourth-order valence-corrected chi connectivity index (χ4v) is 4.05. The number of carbonyl (C=O) groups excluding carboxylic acids is 3. The van der Waals surface area contributed by atoms with Crippen molar-refractivity contribution in [2.45, 2.75) is 0 Å². The highest BCUT2D eigenvalue weighted by Crippen LogP contribution is 2.43. The van der Waals surface area contributed by atoms with Crippen molar-refractivity contribution in [3.8, 4) is 17.2 Å². The molecule has 1 saturated heterocycles. The molecule has 15 heteroatoms. The number of halogens is 2. The molecule has 4 rings (SSSR count). The Balaban J connectivity index is 1.71. The maximum Gasteiger partial charge on any atom is 0.335 e. The fourth-order valence-electron chi connectivity index (χ4n) is 3.53. The molecule has 0 saturated carbocycles. The Bertz CT molecular complexity index is 1590. The van der Waals surface area contributed by atoms with Crippen LogP contribution in [0.15, 0.2) is 64.6 Å². The van der Waals surface area contributed by atoms with Crippen molar-refractivity contribution >= 4 is 68.5 Å². The highest BCUT2D eigenvalue weighted by Gasteiger charge is 2.37. The third-order valence-corrected chi connectivity index (χ3v) is 6.12. The van der Waals surface area contributed by atoms with Crippen molar-refractivity contribution in [3.05, 3.63) is 95.5 Å². The van der Waals surface area contributed by atoms with Crippen molar-refractivity contribution in [2.24, 2.45) is 0 Å². The van der Waals surface area contributed by atoms with E-state index in [-0.39, 0.29) is 39.1 Å². The number of carbonyl (C=O) groups is 3. The molecule has 0 atom stereocenters. The van der Waals surface area contributed by atoms with Crippen LogP contribution in [0.3, 0.4) is 0 Å². The van der Waals surface area contributed by atoms with Crippen LogP contribution >= 0.6 is 27.5 Å². The van der Waals surface area contributed by atoms with Crippen LogP contribution in [0.2, 0.25) is 5.02 Å². The van der Waals surface area contributed by atoms with E-state index in [1.165, 1.54) is 37.5 Å². The summed E-state index contributed by atoms with van der Waals surface area (Å²) in [4.78, 5) is 59.7. The largest absolute Gasteiger partial charge is 0.493 e. The SMILES string of the molecule is COc1cc(/C=C2\C(=O)NC(=O)N(c3ccc(Br)cc3)C2=O)cc(Cl)c1Oc1ccc([N+](=O)[O-])cc1[N+](=O)[O-]. The van der Waals surface area contributed by atoms with Crippen LogP contribution < -0.4 is 19.7 Å². The topological polar surface area (TPSA) is 171 Å². The molecule has 0 bridgehead atoms. The number of barbiturate groups is 1. The average Bonchev–Trinajstić information content (AvgIpc) is 2.88. The third-order valence-electron chi connectivity index (χ3n) is 5.31. The number of urea groups is 1. The summed E-state index contributed by atoms with van der Waals surface area (Å²) < 4.78 is 11.6. The van der Waals surface area contributed by atoms with Gasteiger partial charge in [-0.3, -0.25) is 35.1 Å². The van der Waals surface area contributed by atoms with Gasteiger partial charge < -0.3 is 9.47 Å². The van der Waals surface area contributed by atoms with Crippen LogP contribution in [0.4, 0.5) is 21.9 Å². The average molecular weight is 618 g/mol. The number of amides is 4. The number of imide groups is 2. The summed E-state index contributed by atoms with van der Waals surface area (Å²) in [7, 11) is 1.26. The number of nitrogens with one attached hydrogen (secondary N) is 1. The molecule has 3 aromatic rings. The zero-order valence-electron chi connectivity index (χ0n) is 19.5. The summed E-state index contributed by atoms with van der Waals surface area (Å²) in [5, 5.41) is 24.4. The molecule has 0 unspecified atom stereocenters. The minimum Gasteiger partial charge on any atom is -0.493 e. The van der Waals surface area contributed by atoms with E-state index in [2.05, 4.69) is 21.2 Å². The van der Waals surface area contributed by atoms with Gasteiger partial charge in [0.1, 0.15) is 5.57 Å². The summed E-state index contributed by atoms with van der Waals surface area (Å²) in [6.45, 7) is 0. The maximum atomic E-state index is 13.1. The lowest BCUT2D eigenvalue weighted by Crippen LogP contribution is -2.54. The van der Waals surface area contributed by atoms with E-state index in [4.69, 9.17) is 21.1 Å². The lowest BCUT2D eigenvalue weighted by atomic mass is 10.1. The molecule has 0 spiro atoms.